The standard InChI is InChI=1S/C16H27N3O2/c1-12(2)18-16(3,15(17)20)9-10-21-14-8-6-7-13(11-14)19(4)5/h6-8,11-12,18H,9-10H2,1-5H3,(H2,17,20). The average Bonchev–Trinajstić information content (AvgIpc) is 2.38. The van der Waals surface area contributed by atoms with Crippen LogP contribution in [0.25, 0.3) is 0 Å². The van der Waals surface area contributed by atoms with Crippen molar-refractivity contribution in [2.24, 2.45) is 5.73 Å². The predicted octanol–water partition coefficient (Wildman–Crippen LogP) is 1.76. The number of amides is 1. The van der Waals surface area contributed by atoms with Crippen LogP contribution in [0, 0.1) is 0 Å². The first-order chi connectivity index (χ1) is 9.74. The second kappa shape index (κ2) is 7.31. The Bertz CT molecular complexity index is 474. The van der Waals surface area contributed by atoms with Crippen LogP contribution >= 0.6 is 0 Å². The van der Waals surface area contributed by atoms with Gasteiger partial charge in [-0.2, -0.15) is 0 Å². The fourth-order valence-corrected chi connectivity index (χ4v) is 2.13. The molecule has 0 spiro atoms. The molecule has 0 aliphatic carbocycles. The number of nitrogens with one attached hydrogen (secondary N) is 1. The Hall–Kier alpha value is -1.75. The second-order valence-electron chi connectivity index (χ2n) is 5.99. The largest absolute Gasteiger partial charge is 0.493 e. The van der Waals surface area contributed by atoms with E-state index in [4.69, 9.17) is 10.5 Å². The molecule has 1 rings (SSSR count). The van der Waals surface area contributed by atoms with Gasteiger partial charge in [-0.1, -0.05) is 6.07 Å². The Morgan fingerprint density at radius 3 is 2.62 bits per heavy atom. The van der Waals surface area contributed by atoms with Crippen molar-refractivity contribution >= 4 is 11.6 Å². The van der Waals surface area contributed by atoms with E-state index in [-0.39, 0.29) is 11.9 Å². The smallest absolute Gasteiger partial charge is 0.237 e. The minimum absolute atomic E-state index is 0.180. The Kier molecular flexibility index (Phi) is 6.03. The highest BCUT2D eigenvalue weighted by Crippen LogP contribution is 2.20. The van der Waals surface area contributed by atoms with Crippen LogP contribution in [0.3, 0.4) is 0 Å². The number of nitrogens with zero attached hydrogens (tertiary/aromatic N) is 1. The molecule has 1 atom stereocenters. The number of carbonyl (C=O) groups excluding carboxylic acids is 1. The van der Waals surface area contributed by atoms with Crippen LogP contribution in [0.15, 0.2) is 24.3 Å². The van der Waals surface area contributed by atoms with E-state index in [0.29, 0.717) is 13.0 Å². The third-order valence-electron chi connectivity index (χ3n) is 3.36. The molecule has 5 heteroatoms. The van der Waals surface area contributed by atoms with Crippen LogP contribution in [-0.4, -0.2) is 38.2 Å². The molecule has 0 aliphatic heterocycles. The van der Waals surface area contributed by atoms with Gasteiger partial charge in [0.15, 0.2) is 0 Å². The molecule has 1 aromatic carbocycles. The summed E-state index contributed by atoms with van der Waals surface area (Å²) in [5, 5.41) is 3.21. The van der Waals surface area contributed by atoms with Crippen molar-refractivity contribution < 1.29 is 9.53 Å². The number of hydrogen-bond acceptors (Lipinski definition) is 4. The Labute approximate surface area is 127 Å². The van der Waals surface area contributed by atoms with Crippen LogP contribution in [0.4, 0.5) is 5.69 Å². The zero-order valence-electron chi connectivity index (χ0n) is 13.6. The predicted molar refractivity (Wildman–Crippen MR) is 86.8 cm³/mol. The Balaban J connectivity index is 2.62. The molecule has 21 heavy (non-hydrogen) atoms. The van der Waals surface area contributed by atoms with Crippen molar-refractivity contribution in [2.75, 3.05) is 25.6 Å². The first kappa shape index (κ1) is 17.3. The van der Waals surface area contributed by atoms with E-state index >= 15 is 0 Å². The van der Waals surface area contributed by atoms with Crippen molar-refractivity contribution in [2.45, 2.75) is 38.8 Å². The summed E-state index contributed by atoms with van der Waals surface area (Å²) in [5.41, 5.74) is 5.82. The van der Waals surface area contributed by atoms with Crippen LogP contribution in [0.2, 0.25) is 0 Å². The topological polar surface area (TPSA) is 67.6 Å². The number of benzene rings is 1. The molecule has 0 bridgehead atoms. The number of nitrogens with two attached hydrogens (primary N) is 1. The van der Waals surface area contributed by atoms with E-state index in [1.165, 1.54) is 0 Å². The molecule has 5 nitrogen and oxygen atoms in total. The summed E-state index contributed by atoms with van der Waals surface area (Å²) >= 11 is 0. The number of primary amides is 1. The molecular formula is C16H27N3O2. The minimum Gasteiger partial charge on any atom is -0.493 e. The van der Waals surface area contributed by atoms with E-state index in [2.05, 4.69) is 5.32 Å². The van der Waals surface area contributed by atoms with Gasteiger partial charge in [-0.25, -0.2) is 0 Å². The number of hydrogen-bond donors (Lipinski definition) is 2. The van der Waals surface area contributed by atoms with Crippen molar-refractivity contribution in [1.29, 1.82) is 0 Å². The van der Waals surface area contributed by atoms with Gasteiger partial charge >= 0.3 is 0 Å². The monoisotopic (exact) mass is 293 g/mol. The molecule has 0 saturated heterocycles. The van der Waals surface area contributed by atoms with Gasteiger partial charge in [0.25, 0.3) is 0 Å². The van der Waals surface area contributed by atoms with E-state index in [0.717, 1.165) is 11.4 Å². The second-order valence-corrected chi connectivity index (χ2v) is 5.99. The highest BCUT2D eigenvalue weighted by Gasteiger charge is 2.31. The van der Waals surface area contributed by atoms with Crippen molar-refractivity contribution in [3.8, 4) is 5.75 Å². The molecule has 1 unspecified atom stereocenters. The molecule has 1 amide bonds. The maximum Gasteiger partial charge on any atom is 0.237 e. The summed E-state index contributed by atoms with van der Waals surface area (Å²) < 4.78 is 5.75. The van der Waals surface area contributed by atoms with E-state index in [9.17, 15) is 4.79 Å². The van der Waals surface area contributed by atoms with E-state index in [1.54, 1.807) is 0 Å². The van der Waals surface area contributed by atoms with E-state index in [1.807, 2.05) is 64.0 Å². The van der Waals surface area contributed by atoms with Gasteiger partial charge < -0.3 is 20.7 Å². The van der Waals surface area contributed by atoms with Crippen LogP contribution in [0.1, 0.15) is 27.2 Å². The lowest BCUT2D eigenvalue weighted by Crippen LogP contribution is -2.56. The summed E-state index contributed by atoms with van der Waals surface area (Å²) in [5.74, 6) is 0.430. The molecule has 0 radical (unpaired) electrons. The van der Waals surface area contributed by atoms with Crippen LogP contribution in [0.5, 0.6) is 5.75 Å². The lowest BCUT2D eigenvalue weighted by Gasteiger charge is -2.29. The zero-order chi connectivity index (χ0) is 16.0. The molecule has 1 aromatic rings. The SMILES string of the molecule is CC(C)NC(C)(CCOc1cccc(N(C)C)c1)C(N)=O. The van der Waals surface area contributed by atoms with Crippen molar-refractivity contribution in [3.63, 3.8) is 0 Å². The minimum atomic E-state index is -0.757. The van der Waals surface area contributed by atoms with Gasteiger partial charge in [0.05, 0.1) is 12.1 Å². The summed E-state index contributed by atoms with van der Waals surface area (Å²) in [6.07, 6.45) is 0.521. The van der Waals surface area contributed by atoms with Gasteiger partial charge in [-0.3, -0.25) is 4.79 Å². The molecule has 0 aromatic heterocycles. The maximum atomic E-state index is 11.6. The fourth-order valence-electron chi connectivity index (χ4n) is 2.13. The first-order valence-electron chi connectivity index (χ1n) is 7.22. The molecular weight excluding hydrogens is 266 g/mol. The average molecular weight is 293 g/mol. The van der Waals surface area contributed by atoms with Crippen molar-refractivity contribution in [1.82, 2.24) is 5.32 Å². The third kappa shape index (κ3) is 5.27. The molecule has 0 heterocycles. The van der Waals surface area contributed by atoms with Gasteiger partial charge in [0, 0.05) is 38.3 Å². The molecule has 118 valence electrons. The molecule has 0 saturated carbocycles. The molecule has 0 aliphatic rings. The third-order valence-corrected chi connectivity index (χ3v) is 3.36. The quantitative estimate of drug-likeness (QED) is 0.766. The summed E-state index contributed by atoms with van der Waals surface area (Å²) in [4.78, 5) is 13.7. The normalized spacial score (nSPS) is 13.8. The summed E-state index contributed by atoms with van der Waals surface area (Å²) in [7, 11) is 3.96. The highest BCUT2D eigenvalue weighted by molar-refractivity contribution is 5.84. The van der Waals surface area contributed by atoms with Crippen LogP contribution in [-0.2, 0) is 4.79 Å². The van der Waals surface area contributed by atoms with Crippen LogP contribution < -0.4 is 20.7 Å². The van der Waals surface area contributed by atoms with Crippen molar-refractivity contribution in [3.05, 3.63) is 24.3 Å². The molecule has 0 fully saturated rings. The lowest BCUT2D eigenvalue weighted by atomic mass is 9.96. The number of carbonyl (C=O) groups is 1. The highest BCUT2D eigenvalue weighted by atomic mass is 16.5. The first-order valence-corrected chi connectivity index (χ1v) is 7.22. The summed E-state index contributed by atoms with van der Waals surface area (Å²) in [6, 6.07) is 8.02. The van der Waals surface area contributed by atoms with Gasteiger partial charge in [0.1, 0.15) is 5.75 Å². The number of rotatable bonds is 8. The van der Waals surface area contributed by atoms with Gasteiger partial charge in [0.2, 0.25) is 5.91 Å². The summed E-state index contributed by atoms with van der Waals surface area (Å²) in [6.45, 7) is 6.22. The fraction of sp³-hybridized carbons (Fsp3) is 0.562. The zero-order valence-corrected chi connectivity index (χ0v) is 13.6. The number of anilines is 1. The van der Waals surface area contributed by atoms with Gasteiger partial charge in [-0.05, 0) is 32.9 Å². The molecule has 3 N–H and O–H groups in total. The Morgan fingerprint density at radius 1 is 1.43 bits per heavy atom. The van der Waals surface area contributed by atoms with Gasteiger partial charge in [-0.15, -0.1) is 0 Å². The maximum absolute atomic E-state index is 11.6. The number of ether oxygens (including phenoxy) is 1. The van der Waals surface area contributed by atoms with E-state index < -0.39 is 5.54 Å². The Morgan fingerprint density at radius 2 is 2.10 bits per heavy atom. The lowest BCUT2D eigenvalue weighted by molar-refractivity contribution is -0.124.